The second-order valence-corrected chi connectivity index (χ2v) is 6.11. The molecule has 0 aromatic heterocycles. The maximum absolute atomic E-state index is 12.4. The summed E-state index contributed by atoms with van der Waals surface area (Å²) >= 11 is 0. The molecule has 0 fully saturated rings. The molecule has 2 aromatic carbocycles. The predicted octanol–water partition coefficient (Wildman–Crippen LogP) is 2.19. The summed E-state index contributed by atoms with van der Waals surface area (Å²) in [5, 5.41) is 5.51. The van der Waals surface area contributed by atoms with Crippen LogP contribution in [0.25, 0.3) is 0 Å². The Morgan fingerprint density at radius 3 is 2.46 bits per heavy atom. The molecular weight excluding hydrogens is 332 g/mol. The van der Waals surface area contributed by atoms with E-state index in [1.165, 1.54) is 6.92 Å². The number of carbonyl (C=O) groups excluding carboxylic acids is 2. The van der Waals surface area contributed by atoms with Crippen molar-refractivity contribution in [2.24, 2.45) is 0 Å². The van der Waals surface area contributed by atoms with Crippen LogP contribution in [-0.4, -0.2) is 31.7 Å². The Balaban J connectivity index is 1.72. The van der Waals surface area contributed by atoms with E-state index in [1.54, 1.807) is 0 Å². The molecule has 0 aliphatic carbocycles. The Morgan fingerprint density at radius 2 is 1.69 bits per heavy atom. The number of carbonyl (C=O) groups is 2. The first kappa shape index (κ1) is 17.8. The highest BCUT2D eigenvalue weighted by Gasteiger charge is 2.21. The van der Waals surface area contributed by atoms with Gasteiger partial charge in [0.1, 0.15) is 0 Å². The van der Waals surface area contributed by atoms with Gasteiger partial charge in [-0.15, -0.1) is 0 Å². The summed E-state index contributed by atoms with van der Waals surface area (Å²) in [6.07, 6.45) is 0.309. The highest BCUT2D eigenvalue weighted by Crippen LogP contribution is 2.37. The number of rotatable bonds is 7. The van der Waals surface area contributed by atoms with Crippen molar-refractivity contribution in [3.8, 4) is 11.5 Å². The topological polar surface area (TPSA) is 76.7 Å². The lowest BCUT2D eigenvalue weighted by Gasteiger charge is -2.18. The zero-order chi connectivity index (χ0) is 18.4. The predicted molar refractivity (Wildman–Crippen MR) is 97.2 cm³/mol. The van der Waals surface area contributed by atoms with Crippen molar-refractivity contribution in [3.05, 3.63) is 59.7 Å². The molecule has 3 rings (SSSR count). The van der Waals surface area contributed by atoms with Crippen molar-refractivity contribution in [3.63, 3.8) is 0 Å². The Kier molecular flexibility index (Phi) is 5.73. The number of fused-ring (bicyclic) bond motifs is 1. The molecule has 2 N–H and O–H groups in total. The van der Waals surface area contributed by atoms with E-state index in [4.69, 9.17) is 9.47 Å². The SMILES string of the molecule is CC(=O)NCCNC(=O)C[C@@H](c1ccccc1)c1ccc2c(c1)OCO2. The fourth-order valence-electron chi connectivity index (χ4n) is 2.94. The fourth-order valence-corrected chi connectivity index (χ4v) is 2.94. The van der Waals surface area contributed by atoms with Crippen LogP contribution in [0.15, 0.2) is 48.5 Å². The normalized spacial score (nSPS) is 13.1. The van der Waals surface area contributed by atoms with Gasteiger partial charge in [-0.1, -0.05) is 36.4 Å². The number of hydrogen-bond acceptors (Lipinski definition) is 4. The molecule has 1 aliphatic rings. The zero-order valence-electron chi connectivity index (χ0n) is 14.7. The highest BCUT2D eigenvalue weighted by molar-refractivity contribution is 5.78. The van der Waals surface area contributed by atoms with Gasteiger partial charge < -0.3 is 20.1 Å². The van der Waals surface area contributed by atoms with Crippen LogP contribution in [0, 0.1) is 0 Å². The molecule has 6 nitrogen and oxygen atoms in total. The molecule has 0 saturated carbocycles. The Morgan fingerprint density at radius 1 is 0.962 bits per heavy atom. The third-order valence-corrected chi connectivity index (χ3v) is 4.21. The molecule has 1 heterocycles. The van der Waals surface area contributed by atoms with Gasteiger partial charge in [-0.05, 0) is 23.3 Å². The number of benzene rings is 2. The van der Waals surface area contributed by atoms with Gasteiger partial charge in [-0.25, -0.2) is 0 Å². The summed E-state index contributed by atoms with van der Waals surface area (Å²) in [6, 6.07) is 15.7. The molecular formula is C20H22N2O4. The second kappa shape index (κ2) is 8.38. The minimum atomic E-state index is -0.109. The molecule has 136 valence electrons. The van der Waals surface area contributed by atoms with Gasteiger partial charge in [0, 0.05) is 32.4 Å². The van der Waals surface area contributed by atoms with E-state index in [1.807, 2.05) is 48.5 Å². The zero-order valence-corrected chi connectivity index (χ0v) is 14.7. The van der Waals surface area contributed by atoms with Crippen LogP contribution in [0.4, 0.5) is 0 Å². The van der Waals surface area contributed by atoms with Crippen molar-refractivity contribution in [2.75, 3.05) is 19.9 Å². The summed E-state index contributed by atoms with van der Waals surface area (Å²) in [6.45, 7) is 2.49. The van der Waals surface area contributed by atoms with Gasteiger partial charge in [0.15, 0.2) is 11.5 Å². The van der Waals surface area contributed by atoms with E-state index in [9.17, 15) is 9.59 Å². The minimum Gasteiger partial charge on any atom is -0.454 e. The number of hydrogen-bond donors (Lipinski definition) is 2. The number of amides is 2. The van der Waals surface area contributed by atoms with E-state index in [0.717, 1.165) is 16.9 Å². The van der Waals surface area contributed by atoms with E-state index in [0.29, 0.717) is 25.3 Å². The first-order chi connectivity index (χ1) is 12.6. The first-order valence-electron chi connectivity index (χ1n) is 8.59. The quantitative estimate of drug-likeness (QED) is 0.748. The molecule has 0 unspecified atom stereocenters. The van der Waals surface area contributed by atoms with Crippen molar-refractivity contribution >= 4 is 11.8 Å². The minimum absolute atomic E-state index is 0.0677. The molecule has 0 spiro atoms. The summed E-state index contributed by atoms with van der Waals surface area (Å²) in [7, 11) is 0. The van der Waals surface area contributed by atoms with Gasteiger partial charge in [0.2, 0.25) is 18.6 Å². The molecule has 0 radical (unpaired) electrons. The summed E-state index contributed by atoms with van der Waals surface area (Å²) in [5.41, 5.74) is 2.06. The van der Waals surface area contributed by atoms with Crippen LogP contribution < -0.4 is 20.1 Å². The van der Waals surface area contributed by atoms with Gasteiger partial charge in [-0.2, -0.15) is 0 Å². The summed E-state index contributed by atoms with van der Waals surface area (Å²) < 4.78 is 10.8. The van der Waals surface area contributed by atoms with Gasteiger partial charge in [0.05, 0.1) is 0 Å². The van der Waals surface area contributed by atoms with Crippen LogP contribution in [0.3, 0.4) is 0 Å². The average molecular weight is 354 g/mol. The molecule has 1 aliphatic heterocycles. The van der Waals surface area contributed by atoms with Crippen LogP contribution in [0.1, 0.15) is 30.4 Å². The lowest BCUT2D eigenvalue weighted by atomic mass is 9.88. The third kappa shape index (κ3) is 4.53. The molecule has 0 saturated heterocycles. The lowest BCUT2D eigenvalue weighted by molar-refractivity contribution is -0.122. The third-order valence-electron chi connectivity index (χ3n) is 4.21. The smallest absolute Gasteiger partial charge is 0.231 e. The first-order valence-corrected chi connectivity index (χ1v) is 8.59. The molecule has 1 atom stereocenters. The molecule has 6 heteroatoms. The maximum Gasteiger partial charge on any atom is 0.231 e. The van der Waals surface area contributed by atoms with Gasteiger partial charge in [0.25, 0.3) is 0 Å². The lowest BCUT2D eigenvalue weighted by Crippen LogP contribution is -2.34. The standard InChI is InChI=1S/C20H22N2O4/c1-14(23)21-9-10-22-20(24)12-17(15-5-3-2-4-6-15)16-7-8-18-19(11-16)26-13-25-18/h2-8,11,17H,9-10,12-13H2,1H3,(H,21,23)(H,22,24)/t17-/m0/s1. The Hall–Kier alpha value is -3.02. The van der Waals surface area contributed by atoms with Crippen molar-refractivity contribution in [1.29, 1.82) is 0 Å². The Bertz CT molecular complexity index is 777. The maximum atomic E-state index is 12.4. The highest BCUT2D eigenvalue weighted by atomic mass is 16.7. The van der Waals surface area contributed by atoms with E-state index >= 15 is 0 Å². The van der Waals surface area contributed by atoms with Gasteiger partial charge >= 0.3 is 0 Å². The van der Waals surface area contributed by atoms with Crippen LogP contribution in [0.5, 0.6) is 11.5 Å². The van der Waals surface area contributed by atoms with Crippen molar-refractivity contribution in [1.82, 2.24) is 10.6 Å². The molecule has 26 heavy (non-hydrogen) atoms. The molecule has 2 aromatic rings. The van der Waals surface area contributed by atoms with E-state index < -0.39 is 0 Å². The number of ether oxygens (including phenoxy) is 2. The largest absolute Gasteiger partial charge is 0.454 e. The molecule has 2 amide bonds. The summed E-state index contributed by atoms with van der Waals surface area (Å²) in [5.74, 6) is 1.16. The van der Waals surface area contributed by atoms with Crippen molar-refractivity contribution in [2.45, 2.75) is 19.3 Å². The number of nitrogens with one attached hydrogen (secondary N) is 2. The second-order valence-electron chi connectivity index (χ2n) is 6.11. The van der Waals surface area contributed by atoms with Gasteiger partial charge in [-0.3, -0.25) is 9.59 Å². The van der Waals surface area contributed by atoms with Crippen molar-refractivity contribution < 1.29 is 19.1 Å². The monoisotopic (exact) mass is 354 g/mol. The summed E-state index contributed by atoms with van der Waals surface area (Å²) in [4.78, 5) is 23.3. The van der Waals surface area contributed by atoms with Crippen LogP contribution in [-0.2, 0) is 9.59 Å². The average Bonchev–Trinajstić information content (AvgIpc) is 3.11. The molecule has 0 bridgehead atoms. The van der Waals surface area contributed by atoms with Crippen LogP contribution >= 0.6 is 0 Å². The fraction of sp³-hybridized carbons (Fsp3) is 0.300. The van der Waals surface area contributed by atoms with Crippen LogP contribution in [0.2, 0.25) is 0 Å². The van der Waals surface area contributed by atoms with E-state index in [2.05, 4.69) is 10.6 Å². The van der Waals surface area contributed by atoms with E-state index in [-0.39, 0.29) is 24.5 Å². The Labute approximate surface area is 152 Å².